The molecule has 102 valence electrons. The zero-order valence-corrected chi connectivity index (χ0v) is 12.2. The van der Waals surface area contributed by atoms with Gasteiger partial charge in [-0.2, -0.15) is 0 Å². The number of aromatic nitrogens is 1. The maximum Gasteiger partial charge on any atom is 0.213 e. The van der Waals surface area contributed by atoms with Crippen molar-refractivity contribution >= 4 is 11.3 Å². The molecule has 0 radical (unpaired) electrons. The summed E-state index contributed by atoms with van der Waals surface area (Å²) in [7, 11) is 0. The van der Waals surface area contributed by atoms with Crippen molar-refractivity contribution in [3.8, 4) is 5.88 Å². The van der Waals surface area contributed by atoms with Gasteiger partial charge >= 0.3 is 0 Å². The van der Waals surface area contributed by atoms with Crippen molar-refractivity contribution < 1.29 is 4.74 Å². The maximum absolute atomic E-state index is 5.75. The minimum Gasteiger partial charge on any atom is -0.477 e. The molecule has 0 amide bonds. The lowest BCUT2D eigenvalue weighted by Crippen LogP contribution is -2.06. The first-order valence-corrected chi connectivity index (χ1v) is 7.43. The molecule has 4 heteroatoms. The van der Waals surface area contributed by atoms with Gasteiger partial charge in [-0.15, -0.1) is 11.3 Å². The van der Waals surface area contributed by atoms with Crippen LogP contribution in [0.25, 0.3) is 0 Å². The van der Waals surface area contributed by atoms with Crippen LogP contribution in [0.4, 0.5) is 0 Å². The Balaban J connectivity index is 2.00. The van der Waals surface area contributed by atoms with Crippen LogP contribution in [-0.4, -0.2) is 11.6 Å². The Morgan fingerprint density at radius 1 is 1.37 bits per heavy atom. The minimum absolute atomic E-state index is 0.381. The van der Waals surface area contributed by atoms with Crippen LogP contribution in [0.1, 0.15) is 35.9 Å². The molecule has 0 aromatic carbocycles. The first-order valence-electron chi connectivity index (χ1n) is 6.55. The summed E-state index contributed by atoms with van der Waals surface area (Å²) in [4.78, 5) is 5.86. The van der Waals surface area contributed by atoms with Crippen LogP contribution in [0, 0.1) is 0 Å². The Morgan fingerprint density at radius 2 is 2.21 bits per heavy atom. The number of nitrogens with two attached hydrogens (primary N) is 1. The molecule has 0 bridgehead atoms. The summed E-state index contributed by atoms with van der Waals surface area (Å²) in [5.41, 5.74) is 7.82. The topological polar surface area (TPSA) is 48.1 Å². The van der Waals surface area contributed by atoms with E-state index in [-0.39, 0.29) is 0 Å². The van der Waals surface area contributed by atoms with Crippen molar-refractivity contribution in [2.75, 3.05) is 6.61 Å². The molecular weight excluding hydrogens is 256 g/mol. The van der Waals surface area contributed by atoms with Gasteiger partial charge in [0.1, 0.15) is 0 Å². The van der Waals surface area contributed by atoms with Crippen LogP contribution < -0.4 is 10.5 Å². The van der Waals surface area contributed by atoms with Crippen molar-refractivity contribution in [2.24, 2.45) is 5.73 Å². The fraction of sp³-hybridized carbons (Fsp3) is 0.400. The van der Waals surface area contributed by atoms with E-state index in [4.69, 9.17) is 10.5 Å². The summed E-state index contributed by atoms with van der Waals surface area (Å²) in [5.74, 6) is 1.06. The normalized spacial score (nSPS) is 10.9. The Bertz CT molecular complexity index is 509. The fourth-order valence-electron chi connectivity index (χ4n) is 1.78. The lowest BCUT2D eigenvalue weighted by Gasteiger charge is -2.11. The van der Waals surface area contributed by atoms with Crippen molar-refractivity contribution in [1.82, 2.24) is 4.98 Å². The van der Waals surface area contributed by atoms with Crippen molar-refractivity contribution in [3.63, 3.8) is 0 Å². The quantitative estimate of drug-likeness (QED) is 0.880. The highest BCUT2D eigenvalue weighted by molar-refractivity contribution is 7.09. The SMILES string of the molecule is CC(C)c1cc(CN)cc(OCCc2cccs2)n1. The van der Waals surface area contributed by atoms with Crippen LogP contribution in [0.2, 0.25) is 0 Å². The van der Waals surface area contributed by atoms with Gasteiger partial charge in [0.25, 0.3) is 0 Å². The first-order chi connectivity index (χ1) is 9.19. The zero-order chi connectivity index (χ0) is 13.7. The number of hydrogen-bond donors (Lipinski definition) is 1. The Labute approximate surface area is 118 Å². The van der Waals surface area contributed by atoms with Crippen molar-refractivity contribution in [2.45, 2.75) is 32.7 Å². The first kappa shape index (κ1) is 14.0. The molecule has 0 aliphatic rings. The zero-order valence-electron chi connectivity index (χ0n) is 11.4. The molecule has 0 atom stereocenters. The summed E-state index contributed by atoms with van der Waals surface area (Å²) in [6.07, 6.45) is 0.920. The Kier molecular flexibility index (Phi) is 4.93. The molecule has 0 aliphatic carbocycles. The molecule has 0 spiro atoms. The molecule has 2 aromatic rings. The lowest BCUT2D eigenvalue weighted by molar-refractivity contribution is 0.309. The number of hydrogen-bond acceptors (Lipinski definition) is 4. The van der Waals surface area contributed by atoms with Crippen molar-refractivity contribution in [1.29, 1.82) is 0 Å². The second-order valence-corrected chi connectivity index (χ2v) is 5.81. The van der Waals surface area contributed by atoms with Gasteiger partial charge in [0.05, 0.1) is 6.61 Å². The third-order valence-corrected chi connectivity index (χ3v) is 3.82. The summed E-state index contributed by atoms with van der Waals surface area (Å²) < 4.78 is 5.75. The predicted octanol–water partition coefficient (Wildman–Crippen LogP) is 3.35. The summed E-state index contributed by atoms with van der Waals surface area (Å²) in [5, 5.41) is 2.08. The Morgan fingerprint density at radius 3 is 2.84 bits per heavy atom. The molecular formula is C15H20N2OS. The highest BCUT2D eigenvalue weighted by Gasteiger charge is 2.06. The van der Waals surface area contributed by atoms with Gasteiger partial charge in [-0.05, 0) is 29.0 Å². The van der Waals surface area contributed by atoms with E-state index in [1.54, 1.807) is 11.3 Å². The molecule has 0 aliphatic heterocycles. The van der Waals surface area contributed by atoms with Crippen LogP contribution >= 0.6 is 11.3 Å². The highest BCUT2D eigenvalue weighted by Crippen LogP contribution is 2.19. The van der Waals surface area contributed by atoms with E-state index >= 15 is 0 Å². The van der Waals surface area contributed by atoms with E-state index in [9.17, 15) is 0 Å². The molecule has 0 fully saturated rings. The van der Waals surface area contributed by atoms with Crippen LogP contribution in [0.3, 0.4) is 0 Å². The minimum atomic E-state index is 0.381. The van der Waals surface area contributed by atoms with Gasteiger partial charge < -0.3 is 10.5 Å². The standard InChI is InChI=1S/C15H20N2OS/c1-11(2)14-8-12(10-16)9-15(17-14)18-6-5-13-4-3-7-19-13/h3-4,7-9,11H,5-6,10,16H2,1-2H3. The molecule has 0 saturated carbocycles. The summed E-state index contributed by atoms with van der Waals surface area (Å²) in [6, 6.07) is 8.17. The van der Waals surface area contributed by atoms with Crippen molar-refractivity contribution in [3.05, 3.63) is 45.8 Å². The number of rotatable bonds is 6. The van der Waals surface area contributed by atoms with Gasteiger partial charge in [-0.3, -0.25) is 0 Å². The van der Waals surface area contributed by atoms with Gasteiger partial charge in [0.2, 0.25) is 5.88 Å². The molecule has 2 rings (SSSR count). The number of pyridine rings is 1. The maximum atomic E-state index is 5.75. The van der Waals surface area contributed by atoms with Gasteiger partial charge in [-0.1, -0.05) is 19.9 Å². The molecule has 0 unspecified atom stereocenters. The molecule has 19 heavy (non-hydrogen) atoms. The average Bonchev–Trinajstić information content (AvgIpc) is 2.91. The second-order valence-electron chi connectivity index (χ2n) is 4.78. The van der Waals surface area contributed by atoms with Gasteiger partial charge in [-0.25, -0.2) is 4.98 Å². The monoisotopic (exact) mass is 276 g/mol. The van der Waals surface area contributed by atoms with Gasteiger partial charge in [0.15, 0.2) is 0 Å². The van der Waals surface area contributed by atoms with E-state index in [0.29, 0.717) is 24.9 Å². The van der Waals surface area contributed by atoms with E-state index in [1.165, 1.54) is 4.88 Å². The largest absolute Gasteiger partial charge is 0.477 e. The molecule has 2 aromatic heterocycles. The molecule has 2 heterocycles. The third kappa shape index (κ3) is 4.04. The van der Waals surface area contributed by atoms with E-state index < -0.39 is 0 Å². The average molecular weight is 276 g/mol. The smallest absolute Gasteiger partial charge is 0.213 e. The van der Waals surface area contributed by atoms with Gasteiger partial charge in [0, 0.05) is 29.6 Å². The molecule has 3 nitrogen and oxygen atoms in total. The van der Waals surface area contributed by atoms with E-state index in [2.05, 4.69) is 42.4 Å². The van der Waals surface area contributed by atoms with Crippen LogP contribution in [0.5, 0.6) is 5.88 Å². The third-order valence-electron chi connectivity index (χ3n) is 2.89. The van der Waals surface area contributed by atoms with Crippen LogP contribution in [0.15, 0.2) is 29.6 Å². The summed E-state index contributed by atoms with van der Waals surface area (Å²) in [6.45, 7) is 5.42. The number of ether oxygens (including phenoxy) is 1. The number of thiophene rings is 1. The fourth-order valence-corrected chi connectivity index (χ4v) is 2.47. The highest BCUT2D eigenvalue weighted by atomic mass is 32.1. The molecule has 2 N–H and O–H groups in total. The predicted molar refractivity (Wildman–Crippen MR) is 79.7 cm³/mol. The summed E-state index contributed by atoms with van der Waals surface area (Å²) >= 11 is 1.75. The Hall–Kier alpha value is -1.39. The number of nitrogens with zero attached hydrogens (tertiary/aromatic N) is 1. The van der Waals surface area contributed by atoms with E-state index in [1.807, 2.05) is 6.07 Å². The second kappa shape index (κ2) is 6.68. The van der Waals surface area contributed by atoms with E-state index in [0.717, 1.165) is 17.7 Å². The lowest BCUT2D eigenvalue weighted by atomic mass is 10.1. The van der Waals surface area contributed by atoms with Crippen LogP contribution in [-0.2, 0) is 13.0 Å². The molecule has 0 saturated heterocycles.